The fraction of sp³-hybridized carbons (Fsp3) is 0.600. The fourth-order valence-electron chi connectivity index (χ4n) is 2.41. The lowest BCUT2D eigenvalue weighted by Gasteiger charge is -2.17. The van der Waals surface area contributed by atoms with E-state index in [0.717, 1.165) is 35.0 Å². The van der Waals surface area contributed by atoms with Crippen LogP contribution >= 0.6 is 15.9 Å². The number of hydrogen-bond acceptors (Lipinski definition) is 3. The fourth-order valence-corrected chi connectivity index (χ4v) is 2.93. The van der Waals surface area contributed by atoms with Crippen molar-refractivity contribution in [3.8, 4) is 5.75 Å². The van der Waals surface area contributed by atoms with Gasteiger partial charge in [-0.15, -0.1) is 0 Å². The van der Waals surface area contributed by atoms with Gasteiger partial charge in [-0.2, -0.15) is 0 Å². The lowest BCUT2D eigenvalue weighted by atomic mass is 10.1. The van der Waals surface area contributed by atoms with Gasteiger partial charge in [-0.1, -0.05) is 12.1 Å². The molecule has 0 aliphatic carbocycles. The third-order valence-corrected chi connectivity index (χ3v) is 3.95. The lowest BCUT2D eigenvalue weighted by molar-refractivity contribution is 0.0261. The molecule has 3 nitrogen and oxygen atoms in total. The smallest absolute Gasteiger partial charge is 0.136 e. The minimum absolute atomic E-state index is 0.124. The number of nitrogens with two attached hydrogens (primary N) is 1. The van der Waals surface area contributed by atoms with Crippen LogP contribution in [0.1, 0.15) is 32.3 Å². The van der Waals surface area contributed by atoms with Crippen LogP contribution in [0.2, 0.25) is 0 Å². The van der Waals surface area contributed by atoms with Crippen LogP contribution in [-0.2, 0) is 11.2 Å². The summed E-state index contributed by atoms with van der Waals surface area (Å²) in [6.07, 6.45) is 3.59. The van der Waals surface area contributed by atoms with Crippen LogP contribution in [-0.4, -0.2) is 24.9 Å². The average molecular weight is 328 g/mol. The first-order valence-corrected chi connectivity index (χ1v) is 7.66. The Morgan fingerprint density at radius 2 is 2.26 bits per heavy atom. The Kier molecular flexibility index (Phi) is 5.25. The van der Waals surface area contributed by atoms with E-state index in [4.69, 9.17) is 15.2 Å². The van der Waals surface area contributed by atoms with Crippen LogP contribution in [0.5, 0.6) is 5.75 Å². The van der Waals surface area contributed by atoms with Crippen molar-refractivity contribution in [1.29, 1.82) is 0 Å². The predicted molar refractivity (Wildman–Crippen MR) is 80.6 cm³/mol. The van der Waals surface area contributed by atoms with Crippen LogP contribution in [0.15, 0.2) is 22.7 Å². The van der Waals surface area contributed by atoms with Gasteiger partial charge in [0.25, 0.3) is 0 Å². The second-order valence-corrected chi connectivity index (χ2v) is 6.22. The molecule has 1 aliphatic heterocycles. The zero-order valence-corrected chi connectivity index (χ0v) is 13.2. The van der Waals surface area contributed by atoms with E-state index in [0.29, 0.717) is 12.7 Å². The molecule has 1 heterocycles. The molecule has 0 radical (unpaired) electrons. The van der Waals surface area contributed by atoms with Crippen LogP contribution in [0.25, 0.3) is 0 Å². The third kappa shape index (κ3) is 4.20. The summed E-state index contributed by atoms with van der Waals surface area (Å²) in [5, 5.41) is 0. The largest absolute Gasteiger partial charge is 0.489 e. The quantitative estimate of drug-likeness (QED) is 0.902. The van der Waals surface area contributed by atoms with Crippen LogP contribution in [0, 0.1) is 0 Å². The maximum Gasteiger partial charge on any atom is 0.136 e. The van der Waals surface area contributed by atoms with Gasteiger partial charge in [-0.3, -0.25) is 0 Å². The van der Waals surface area contributed by atoms with Crippen molar-refractivity contribution < 1.29 is 9.47 Å². The highest BCUT2D eigenvalue weighted by molar-refractivity contribution is 9.10. The zero-order valence-electron chi connectivity index (χ0n) is 11.6. The molecule has 2 N–H and O–H groups in total. The lowest BCUT2D eigenvalue weighted by Crippen LogP contribution is -2.21. The summed E-state index contributed by atoms with van der Waals surface area (Å²) < 4.78 is 12.7. The second-order valence-electron chi connectivity index (χ2n) is 5.37. The molecule has 3 unspecified atom stereocenters. The summed E-state index contributed by atoms with van der Waals surface area (Å²) in [6, 6.07) is 6.21. The Hall–Kier alpha value is -0.580. The molecule has 2 rings (SSSR count). The van der Waals surface area contributed by atoms with Crippen LogP contribution in [0.4, 0.5) is 0 Å². The van der Waals surface area contributed by atoms with Gasteiger partial charge < -0.3 is 15.2 Å². The van der Waals surface area contributed by atoms with Crippen molar-refractivity contribution in [3.05, 3.63) is 28.2 Å². The summed E-state index contributed by atoms with van der Waals surface area (Å²) in [5.74, 6) is 0.906. The maximum absolute atomic E-state index is 5.97. The molecule has 0 aromatic heterocycles. The van der Waals surface area contributed by atoms with Crippen molar-refractivity contribution in [1.82, 2.24) is 0 Å². The van der Waals surface area contributed by atoms with Crippen LogP contribution in [0.3, 0.4) is 0 Å². The second kappa shape index (κ2) is 6.73. The van der Waals surface area contributed by atoms with E-state index in [1.165, 1.54) is 0 Å². The molecule has 1 aromatic carbocycles. The van der Waals surface area contributed by atoms with E-state index >= 15 is 0 Å². The Morgan fingerprint density at radius 3 is 2.89 bits per heavy atom. The van der Waals surface area contributed by atoms with E-state index in [1.807, 2.05) is 19.1 Å². The Bertz CT molecular complexity index is 423. The Balaban J connectivity index is 2.01. The summed E-state index contributed by atoms with van der Waals surface area (Å²) in [5.41, 5.74) is 7.03. The Morgan fingerprint density at radius 1 is 1.47 bits per heavy atom. The van der Waals surface area contributed by atoms with Gasteiger partial charge in [0, 0.05) is 6.04 Å². The molecule has 1 saturated heterocycles. The number of halogens is 1. The van der Waals surface area contributed by atoms with Crippen molar-refractivity contribution in [2.75, 3.05) is 6.61 Å². The molecule has 3 atom stereocenters. The average Bonchev–Trinajstić information content (AvgIpc) is 2.73. The topological polar surface area (TPSA) is 44.5 Å². The highest BCUT2D eigenvalue weighted by atomic mass is 79.9. The van der Waals surface area contributed by atoms with E-state index < -0.39 is 0 Å². The highest BCUT2D eigenvalue weighted by Crippen LogP contribution is 2.31. The molecular weight excluding hydrogens is 306 g/mol. The Labute approximate surface area is 123 Å². The van der Waals surface area contributed by atoms with Crippen molar-refractivity contribution in [3.63, 3.8) is 0 Å². The normalized spacial score (nSPS) is 24.4. The molecule has 0 saturated carbocycles. The van der Waals surface area contributed by atoms with Gasteiger partial charge in [0.1, 0.15) is 12.4 Å². The molecule has 1 aliphatic rings. The van der Waals surface area contributed by atoms with Gasteiger partial charge in [0.2, 0.25) is 0 Å². The van der Waals surface area contributed by atoms with Crippen molar-refractivity contribution in [2.45, 2.75) is 51.4 Å². The molecule has 1 fully saturated rings. The minimum Gasteiger partial charge on any atom is -0.489 e. The highest BCUT2D eigenvalue weighted by Gasteiger charge is 2.23. The predicted octanol–water partition coefficient (Wildman–Crippen LogP) is 3.29. The van der Waals surface area contributed by atoms with Crippen molar-refractivity contribution in [2.24, 2.45) is 5.73 Å². The zero-order chi connectivity index (χ0) is 13.8. The van der Waals surface area contributed by atoms with Gasteiger partial charge in [-0.05, 0) is 60.7 Å². The summed E-state index contributed by atoms with van der Waals surface area (Å²) >= 11 is 3.55. The standard InChI is InChI=1S/C15H22BrNO2/c1-10(17)8-12-4-3-5-14(16)15(12)18-9-13-7-6-11(2)19-13/h3-5,10-11,13H,6-9,17H2,1-2H3. The monoisotopic (exact) mass is 327 g/mol. The molecule has 0 amide bonds. The molecule has 106 valence electrons. The molecule has 0 spiro atoms. The van der Waals surface area contributed by atoms with Gasteiger partial charge in [0.15, 0.2) is 0 Å². The maximum atomic E-state index is 5.97. The first kappa shape index (κ1) is 14.8. The molecular formula is C15H22BrNO2. The summed E-state index contributed by atoms with van der Waals surface area (Å²) in [6.45, 7) is 4.73. The minimum atomic E-state index is 0.124. The van der Waals surface area contributed by atoms with Gasteiger partial charge >= 0.3 is 0 Å². The summed E-state index contributed by atoms with van der Waals surface area (Å²) in [7, 11) is 0. The number of benzene rings is 1. The molecule has 19 heavy (non-hydrogen) atoms. The number of rotatable bonds is 5. The molecule has 1 aromatic rings. The molecule has 4 heteroatoms. The van der Waals surface area contributed by atoms with Crippen LogP contribution < -0.4 is 10.5 Å². The number of para-hydroxylation sites is 1. The van der Waals surface area contributed by atoms with E-state index in [-0.39, 0.29) is 12.1 Å². The first-order chi connectivity index (χ1) is 9.06. The van der Waals surface area contributed by atoms with Gasteiger partial charge in [0.05, 0.1) is 16.7 Å². The van der Waals surface area contributed by atoms with Gasteiger partial charge in [-0.25, -0.2) is 0 Å². The van der Waals surface area contributed by atoms with E-state index in [9.17, 15) is 0 Å². The third-order valence-electron chi connectivity index (χ3n) is 3.32. The molecule has 0 bridgehead atoms. The van der Waals surface area contributed by atoms with E-state index in [1.54, 1.807) is 0 Å². The number of ether oxygens (including phenoxy) is 2. The number of hydrogen-bond donors (Lipinski definition) is 1. The van der Waals surface area contributed by atoms with E-state index in [2.05, 4.69) is 28.9 Å². The summed E-state index contributed by atoms with van der Waals surface area (Å²) in [4.78, 5) is 0. The van der Waals surface area contributed by atoms with Crippen molar-refractivity contribution >= 4 is 15.9 Å². The first-order valence-electron chi connectivity index (χ1n) is 6.87. The SMILES string of the molecule is CC(N)Cc1cccc(Br)c1OCC1CCC(C)O1.